The maximum absolute atomic E-state index is 11.1. The van der Waals surface area contributed by atoms with Crippen LogP contribution in [0.4, 0.5) is 5.69 Å². The first kappa shape index (κ1) is 17.6. The van der Waals surface area contributed by atoms with Gasteiger partial charge in [0.25, 0.3) is 5.69 Å². The fourth-order valence-corrected chi connectivity index (χ4v) is 2.98. The van der Waals surface area contributed by atoms with Crippen molar-refractivity contribution in [1.82, 2.24) is 4.57 Å². The summed E-state index contributed by atoms with van der Waals surface area (Å²) in [5.74, 6) is -0.372. The third-order valence-electron chi connectivity index (χ3n) is 4.35. The number of hydrogen-bond acceptors (Lipinski definition) is 5. The molecule has 3 aromatic rings. The Kier molecular flexibility index (Phi) is 4.98. The summed E-state index contributed by atoms with van der Waals surface area (Å²) in [6.45, 7) is -0.0582. The van der Waals surface area contributed by atoms with Gasteiger partial charge in [-0.15, -0.1) is 0 Å². The fraction of sp³-hybridized carbons (Fsp3) is 0.211. The average Bonchev–Trinajstić information content (AvgIpc) is 3.03. The smallest absolute Gasteiger partial charge is 0.271 e. The van der Waals surface area contributed by atoms with Gasteiger partial charge in [0.2, 0.25) is 0 Å². The molecule has 0 atom stereocenters. The van der Waals surface area contributed by atoms with Gasteiger partial charge in [0, 0.05) is 55.0 Å². The van der Waals surface area contributed by atoms with Crippen molar-refractivity contribution >= 4 is 16.6 Å². The highest BCUT2D eigenvalue weighted by atomic mass is 16.6. The number of non-ortho nitro benzene ring substituents is 1. The van der Waals surface area contributed by atoms with Crippen molar-refractivity contribution in [1.29, 1.82) is 5.26 Å². The largest absolute Gasteiger partial charge is 0.396 e. The van der Waals surface area contributed by atoms with Gasteiger partial charge < -0.3 is 14.8 Å². The van der Waals surface area contributed by atoms with Gasteiger partial charge in [0.15, 0.2) is 0 Å². The molecule has 3 rings (SSSR count). The van der Waals surface area contributed by atoms with Crippen molar-refractivity contribution in [2.75, 3.05) is 13.2 Å². The summed E-state index contributed by atoms with van der Waals surface area (Å²) >= 11 is 0. The van der Waals surface area contributed by atoms with Gasteiger partial charge >= 0.3 is 0 Å². The molecule has 132 valence electrons. The van der Waals surface area contributed by atoms with Crippen LogP contribution in [-0.4, -0.2) is 32.9 Å². The molecule has 0 amide bonds. The Bertz CT molecular complexity index is 1000. The third kappa shape index (κ3) is 3.28. The van der Waals surface area contributed by atoms with Crippen LogP contribution in [-0.2, 0) is 6.54 Å². The summed E-state index contributed by atoms with van der Waals surface area (Å²) in [6, 6.07) is 13.8. The van der Waals surface area contributed by atoms with Gasteiger partial charge in [-0.3, -0.25) is 10.1 Å². The first-order chi connectivity index (χ1) is 12.6. The highest BCUT2D eigenvalue weighted by Crippen LogP contribution is 2.33. The Balaban J connectivity index is 2.20. The molecule has 0 saturated heterocycles. The lowest BCUT2D eigenvalue weighted by Gasteiger charge is -2.12. The quantitative estimate of drug-likeness (QED) is 0.524. The number of hydrogen-bond donors (Lipinski definition) is 2. The fourth-order valence-electron chi connectivity index (χ4n) is 2.98. The summed E-state index contributed by atoms with van der Waals surface area (Å²) in [4.78, 5) is 10.7. The molecule has 0 saturated carbocycles. The van der Waals surface area contributed by atoms with Gasteiger partial charge in [-0.05, 0) is 23.8 Å². The second-order valence-electron chi connectivity index (χ2n) is 6.08. The summed E-state index contributed by atoms with van der Waals surface area (Å²) < 4.78 is 1.80. The Labute approximate surface area is 149 Å². The van der Waals surface area contributed by atoms with Crippen molar-refractivity contribution < 1.29 is 15.1 Å². The standard InChI is InChI=1S/C19H17N3O4/c20-8-13-2-1-3-15(6-13)18-10-21(9-14(11-23)12-24)19-7-16(22(25)26)4-5-17(18)19/h1-7,10,14,23-24H,9,11-12H2. The van der Waals surface area contributed by atoms with Crippen LogP contribution in [0.2, 0.25) is 0 Å². The molecule has 1 heterocycles. The molecule has 26 heavy (non-hydrogen) atoms. The number of nitriles is 1. The van der Waals surface area contributed by atoms with E-state index in [9.17, 15) is 20.3 Å². The molecule has 0 bridgehead atoms. The summed E-state index contributed by atoms with van der Waals surface area (Å²) in [6.07, 6.45) is 1.84. The molecule has 0 aliphatic carbocycles. The number of benzene rings is 2. The molecule has 7 heteroatoms. The maximum Gasteiger partial charge on any atom is 0.271 e. The highest BCUT2D eigenvalue weighted by molar-refractivity contribution is 5.97. The van der Waals surface area contributed by atoms with Crippen LogP contribution < -0.4 is 0 Å². The van der Waals surface area contributed by atoms with Crippen LogP contribution >= 0.6 is 0 Å². The highest BCUT2D eigenvalue weighted by Gasteiger charge is 2.17. The lowest BCUT2D eigenvalue weighted by molar-refractivity contribution is -0.384. The van der Waals surface area contributed by atoms with Crippen LogP contribution in [0.3, 0.4) is 0 Å². The van der Waals surface area contributed by atoms with E-state index in [1.807, 2.05) is 12.3 Å². The molecule has 1 aromatic heterocycles. The van der Waals surface area contributed by atoms with E-state index in [1.54, 1.807) is 28.8 Å². The number of fused-ring (bicyclic) bond motifs is 1. The van der Waals surface area contributed by atoms with E-state index in [0.717, 1.165) is 16.5 Å². The van der Waals surface area contributed by atoms with Gasteiger partial charge in [-0.1, -0.05) is 12.1 Å². The van der Waals surface area contributed by atoms with E-state index in [2.05, 4.69) is 6.07 Å². The lowest BCUT2D eigenvalue weighted by Crippen LogP contribution is -2.17. The number of nitro groups is 1. The summed E-state index contributed by atoms with van der Waals surface area (Å²) in [7, 11) is 0. The molecule has 0 unspecified atom stereocenters. The Hall–Kier alpha value is -3.21. The Morgan fingerprint density at radius 3 is 2.62 bits per heavy atom. The number of nitro benzene ring substituents is 1. The summed E-state index contributed by atoms with van der Waals surface area (Å²) in [5, 5.41) is 39.8. The van der Waals surface area contributed by atoms with Crippen LogP contribution in [0.1, 0.15) is 5.56 Å². The lowest BCUT2D eigenvalue weighted by atomic mass is 10.0. The first-order valence-electron chi connectivity index (χ1n) is 8.07. The number of aliphatic hydroxyl groups is 2. The molecule has 7 nitrogen and oxygen atoms in total. The molecule has 0 aliphatic heterocycles. The van der Waals surface area contributed by atoms with Crippen molar-refractivity contribution in [3.05, 3.63) is 64.3 Å². The van der Waals surface area contributed by atoms with Crippen molar-refractivity contribution in [3.8, 4) is 17.2 Å². The van der Waals surface area contributed by atoms with E-state index in [4.69, 9.17) is 5.26 Å². The maximum atomic E-state index is 11.1. The van der Waals surface area contributed by atoms with E-state index in [0.29, 0.717) is 17.6 Å². The molecule has 2 aromatic carbocycles. The number of aromatic nitrogens is 1. The zero-order valence-corrected chi connectivity index (χ0v) is 13.9. The number of rotatable bonds is 6. The van der Waals surface area contributed by atoms with Crippen molar-refractivity contribution in [2.24, 2.45) is 5.92 Å². The first-order valence-corrected chi connectivity index (χ1v) is 8.07. The predicted octanol–water partition coefficient (Wildman–Crippen LogP) is 2.69. The molecular weight excluding hydrogens is 334 g/mol. The molecule has 0 radical (unpaired) electrons. The van der Waals surface area contributed by atoms with E-state index >= 15 is 0 Å². The second kappa shape index (κ2) is 7.35. The van der Waals surface area contributed by atoms with Crippen molar-refractivity contribution in [2.45, 2.75) is 6.54 Å². The predicted molar refractivity (Wildman–Crippen MR) is 96.4 cm³/mol. The van der Waals surface area contributed by atoms with Gasteiger partial charge in [0.1, 0.15) is 0 Å². The normalized spacial score (nSPS) is 11.0. The van der Waals surface area contributed by atoms with Crippen molar-refractivity contribution in [3.63, 3.8) is 0 Å². The molecule has 0 fully saturated rings. The number of aliphatic hydroxyl groups excluding tert-OH is 2. The van der Waals surface area contributed by atoms with Gasteiger partial charge in [0.05, 0.1) is 22.1 Å². The van der Waals surface area contributed by atoms with Gasteiger partial charge in [-0.2, -0.15) is 5.26 Å². The van der Waals surface area contributed by atoms with E-state index < -0.39 is 4.92 Å². The Morgan fingerprint density at radius 2 is 1.96 bits per heavy atom. The van der Waals surface area contributed by atoms with Crippen LogP contribution in [0.25, 0.3) is 22.0 Å². The minimum Gasteiger partial charge on any atom is -0.396 e. The Morgan fingerprint density at radius 1 is 1.19 bits per heavy atom. The SMILES string of the molecule is N#Cc1cccc(-c2cn(CC(CO)CO)c3cc([N+](=O)[O-])ccc23)c1. The van der Waals surface area contributed by atoms with Crippen LogP contribution in [0, 0.1) is 27.4 Å². The molecule has 0 aliphatic rings. The van der Waals surface area contributed by atoms with Gasteiger partial charge in [-0.25, -0.2) is 0 Å². The van der Waals surface area contributed by atoms with Crippen LogP contribution in [0.15, 0.2) is 48.7 Å². The minimum atomic E-state index is -0.456. The topological polar surface area (TPSA) is 112 Å². The van der Waals surface area contributed by atoms with Crippen LogP contribution in [0.5, 0.6) is 0 Å². The monoisotopic (exact) mass is 351 g/mol. The molecular formula is C19H17N3O4. The number of nitrogens with zero attached hydrogens (tertiary/aromatic N) is 3. The zero-order valence-electron chi connectivity index (χ0n) is 13.9. The van der Waals surface area contributed by atoms with E-state index in [-0.39, 0.29) is 24.8 Å². The van der Waals surface area contributed by atoms with E-state index in [1.165, 1.54) is 12.1 Å². The summed E-state index contributed by atoms with van der Waals surface area (Å²) in [5.41, 5.74) is 2.80. The zero-order chi connectivity index (χ0) is 18.7. The average molecular weight is 351 g/mol. The third-order valence-corrected chi connectivity index (χ3v) is 4.35. The molecule has 0 spiro atoms. The molecule has 2 N–H and O–H groups in total. The minimum absolute atomic E-state index is 0.0290. The second-order valence-corrected chi connectivity index (χ2v) is 6.08.